The molecular weight excluding hydrogens is 546 g/mol. The molecule has 1 aromatic heterocycles. The van der Waals surface area contributed by atoms with Crippen LogP contribution in [0.3, 0.4) is 0 Å². The second-order valence-electron chi connectivity index (χ2n) is 10.2. The lowest BCUT2D eigenvalue weighted by molar-refractivity contribution is -0.140. The molecule has 0 unspecified atom stereocenters. The van der Waals surface area contributed by atoms with E-state index in [-0.39, 0.29) is 30.5 Å². The van der Waals surface area contributed by atoms with Crippen LogP contribution in [0.25, 0.3) is 10.2 Å². The minimum atomic E-state index is -4.59. The number of hydrogen-bond acceptors (Lipinski definition) is 7. The largest absolute Gasteiger partial charge is 0.417 e. The number of carbonyl (C=O) groups is 1. The smallest absolute Gasteiger partial charge is 0.382 e. The number of fused-ring (bicyclic) bond motifs is 1. The first-order chi connectivity index (χ1) is 19.2. The Hall–Kier alpha value is -3.27. The molecular formula is C28H29F4N5O2S. The summed E-state index contributed by atoms with van der Waals surface area (Å²) in [5.74, 6) is -0.345. The number of rotatable bonds is 7. The van der Waals surface area contributed by atoms with Crippen LogP contribution >= 0.6 is 11.3 Å². The highest BCUT2D eigenvalue weighted by Crippen LogP contribution is 2.34. The van der Waals surface area contributed by atoms with Crippen LogP contribution in [0, 0.1) is 17.1 Å². The van der Waals surface area contributed by atoms with Crippen molar-refractivity contribution in [1.82, 2.24) is 14.8 Å². The van der Waals surface area contributed by atoms with Crippen LogP contribution in [-0.2, 0) is 22.3 Å². The fraction of sp³-hybridized carbons (Fsp3) is 0.464. The lowest BCUT2D eigenvalue weighted by Gasteiger charge is -2.35. The maximum atomic E-state index is 13.4. The second-order valence-corrected chi connectivity index (χ2v) is 11.3. The zero-order valence-electron chi connectivity index (χ0n) is 21.7. The maximum Gasteiger partial charge on any atom is 0.417 e. The van der Waals surface area contributed by atoms with Crippen molar-refractivity contribution in [2.24, 2.45) is 0 Å². The number of halogens is 4. The van der Waals surface area contributed by atoms with Crippen molar-refractivity contribution in [3.05, 3.63) is 58.3 Å². The molecule has 2 aromatic carbocycles. The van der Waals surface area contributed by atoms with Crippen molar-refractivity contribution in [2.75, 3.05) is 38.1 Å². The SMILES string of the molecule is N#Cc1ccc(N[C@H]2CC[C@H](OCC(=O)N3CCN(Cc4nc5cc(F)ccc5s4)CC3)CC2)cc1C(F)(F)F. The van der Waals surface area contributed by atoms with E-state index in [9.17, 15) is 22.4 Å². The van der Waals surface area contributed by atoms with Crippen molar-refractivity contribution >= 4 is 33.1 Å². The molecule has 2 heterocycles. The number of carbonyl (C=O) groups excluding carboxylic acids is 1. The van der Waals surface area contributed by atoms with Crippen LogP contribution in [0.5, 0.6) is 0 Å². The summed E-state index contributed by atoms with van der Waals surface area (Å²) in [4.78, 5) is 21.3. The summed E-state index contributed by atoms with van der Waals surface area (Å²) in [6.07, 6.45) is -1.85. The number of nitriles is 1. The number of aromatic nitrogens is 1. The Labute approximate surface area is 233 Å². The van der Waals surface area contributed by atoms with E-state index in [1.807, 2.05) is 0 Å². The van der Waals surface area contributed by atoms with Crippen LogP contribution in [0.4, 0.5) is 23.2 Å². The van der Waals surface area contributed by atoms with E-state index in [0.29, 0.717) is 56.5 Å². The summed E-state index contributed by atoms with van der Waals surface area (Å²) < 4.78 is 60.0. The van der Waals surface area contributed by atoms with Gasteiger partial charge in [0.25, 0.3) is 0 Å². The second kappa shape index (κ2) is 12.1. The molecule has 1 aliphatic heterocycles. The summed E-state index contributed by atoms with van der Waals surface area (Å²) in [5, 5.41) is 13.0. The van der Waals surface area contributed by atoms with Gasteiger partial charge < -0.3 is 15.0 Å². The van der Waals surface area contributed by atoms with Gasteiger partial charge in [0.1, 0.15) is 17.4 Å². The summed E-state index contributed by atoms with van der Waals surface area (Å²) in [6.45, 7) is 3.32. The van der Waals surface area contributed by atoms with Gasteiger partial charge in [0.15, 0.2) is 0 Å². The number of amides is 1. The van der Waals surface area contributed by atoms with Gasteiger partial charge in [-0.3, -0.25) is 9.69 Å². The van der Waals surface area contributed by atoms with Gasteiger partial charge in [-0.2, -0.15) is 18.4 Å². The topological polar surface area (TPSA) is 81.5 Å². The first kappa shape index (κ1) is 28.3. The Morgan fingerprint density at radius 2 is 1.85 bits per heavy atom. The lowest BCUT2D eigenvalue weighted by Crippen LogP contribution is -2.49. The van der Waals surface area contributed by atoms with Gasteiger partial charge in [-0.15, -0.1) is 11.3 Å². The third kappa shape index (κ3) is 6.89. The number of benzene rings is 2. The van der Waals surface area contributed by atoms with Crippen LogP contribution in [0.1, 0.15) is 41.8 Å². The summed E-state index contributed by atoms with van der Waals surface area (Å²) in [5.41, 5.74) is -0.334. The van der Waals surface area contributed by atoms with Crippen molar-refractivity contribution in [3.8, 4) is 6.07 Å². The van der Waals surface area contributed by atoms with E-state index in [1.54, 1.807) is 28.4 Å². The van der Waals surface area contributed by atoms with Gasteiger partial charge in [-0.05, 0) is 56.0 Å². The number of nitrogens with zero attached hydrogens (tertiary/aromatic N) is 4. The van der Waals surface area contributed by atoms with Crippen LogP contribution in [0.2, 0.25) is 0 Å². The minimum absolute atomic E-state index is 0.00732. The van der Waals surface area contributed by atoms with E-state index in [0.717, 1.165) is 28.9 Å². The Morgan fingerprint density at radius 1 is 1.10 bits per heavy atom. The number of hydrogen-bond donors (Lipinski definition) is 1. The molecule has 0 bridgehead atoms. The number of nitrogens with one attached hydrogen (secondary N) is 1. The van der Waals surface area contributed by atoms with Crippen LogP contribution in [-0.4, -0.2) is 65.6 Å². The van der Waals surface area contributed by atoms with E-state index >= 15 is 0 Å². The Morgan fingerprint density at radius 3 is 2.55 bits per heavy atom. The molecule has 0 atom stereocenters. The summed E-state index contributed by atoms with van der Waals surface area (Å²) in [7, 11) is 0. The van der Waals surface area contributed by atoms with Gasteiger partial charge in [-0.1, -0.05) is 0 Å². The highest BCUT2D eigenvalue weighted by Gasteiger charge is 2.34. The Kier molecular flexibility index (Phi) is 8.54. The predicted molar refractivity (Wildman–Crippen MR) is 143 cm³/mol. The Balaban J connectivity index is 1.02. The van der Waals surface area contributed by atoms with Crippen molar-refractivity contribution in [3.63, 3.8) is 0 Å². The van der Waals surface area contributed by atoms with Gasteiger partial charge in [0.05, 0.1) is 40.1 Å². The number of anilines is 1. The third-order valence-corrected chi connectivity index (χ3v) is 8.43. The summed E-state index contributed by atoms with van der Waals surface area (Å²) >= 11 is 1.55. The molecule has 212 valence electrons. The molecule has 2 fully saturated rings. The fourth-order valence-electron chi connectivity index (χ4n) is 5.22. The first-order valence-electron chi connectivity index (χ1n) is 13.2. The molecule has 1 aliphatic carbocycles. The summed E-state index contributed by atoms with van der Waals surface area (Å²) in [6, 6.07) is 9.88. The zero-order chi connectivity index (χ0) is 28.3. The molecule has 5 rings (SSSR count). The molecule has 1 N–H and O–H groups in total. The van der Waals surface area contributed by atoms with Crippen molar-refractivity contribution in [2.45, 2.75) is 50.6 Å². The standard InChI is InChI=1S/C28H29F4N5O2S/c29-19-2-8-25-24(13-19)35-26(40-25)16-36-9-11-37(12-10-36)27(38)17-39-22-6-4-20(5-7-22)34-21-3-1-18(15-33)23(14-21)28(30,31)32/h1-3,8,13-14,20,22,34H,4-7,9-12,16-17H2/t20-,22-. The molecule has 40 heavy (non-hydrogen) atoms. The normalized spacial score (nSPS) is 20.4. The van der Waals surface area contributed by atoms with Gasteiger partial charge >= 0.3 is 6.18 Å². The molecule has 3 aromatic rings. The predicted octanol–water partition coefficient (Wildman–Crippen LogP) is 5.41. The average molecular weight is 576 g/mol. The zero-order valence-corrected chi connectivity index (χ0v) is 22.5. The number of alkyl halides is 3. The highest BCUT2D eigenvalue weighted by molar-refractivity contribution is 7.18. The van der Waals surface area contributed by atoms with Crippen molar-refractivity contribution in [1.29, 1.82) is 5.26 Å². The monoisotopic (exact) mass is 575 g/mol. The third-order valence-electron chi connectivity index (χ3n) is 7.41. The molecule has 2 aliphatic rings. The van der Waals surface area contributed by atoms with Gasteiger partial charge in [0, 0.05) is 44.0 Å². The average Bonchev–Trinajstić information content (AvgIpc) is 3.33. The van der Waals surface area contributed by atoms with Crippen molar-refractivity contribution < 1.29 is 27.1 Å². The number of ether oxygens (including phenoxy) is 1. The quantitative estimate of drug-likeness (QED) is 0.380. The number of piperazine rings is 1. The molecule has 12 heteroatoms. The number of thiazole rings is 1. The molecule has 1 saturated carbocycles. The van der Waals surface area contributed by atoms with Gasteiger partial charge in [0.2, 0.25) is 5.91 Å². The molecule has 1 amide bonds. The van der Waals surface area contributed by atoms with E-state index in [4.69, 9.17) is 10.00 Å². The van der Waals surface area contributed by atoms with E-state index in [1.165, 1.54) is 24.3 Å². The maximum absolute atomic E-state index is 13.4. The van der Waals surface area contributed by atoms with Gasteiger partial charge in [-0.25, -0.2) is 9.37 Å². The van der Waals surface area contributed by atoms with E-state index in [2.05, 4.69) is 15.2 Å². The highest BCUT2D eigenvalue weighted by atomic mass is 32.1. The fourth-order valence-corrected chi connectivity index (χ4v) is 6.21. The molecule has 0 spiro atoms. The molecule has 1 saturated heterocycles. The Bertz CT molecular complexity index is 1390. The molecule has 7 nitrogen and oxygen atoms in total. The van der Waals surface area contributed by atoms with E-state index < -0.39 is 17.3 Å². The van der Waals surface area contributed by atoms with Crippen LogP contribution < -0.4 is 5.32 Å². The minimum Gasteiger partial charge on any atom is -0.382 e. The van der Waals surface area contributed by atoms with Crippen LogP contribution in [0.15, 0.2) is 36.4 Å². The first-order valence-corrected chi connectivity index (χ1v) is 14.0. The lowest BCUT2D eigenvalue weighted by atomic mass is 9.92. The molecule has 0 radical (unpaired) electrons.